The van der Waals surface area contributed by atoms with Crippen molar-refractivity contribution in [1.82, 2.24) is 0 Å². The van der Waals surface area contributed by atoms with E-state index in [0.29, 0.717) is 23.3 Å². The molecule has 3 rings (SSSR count). The molecule has 1 heterocycles. The lowest BCUT2D eigenvalue weighted by atomic mass is 9.96. The van der Waals surface area contributed by atoms with E-state index in [4.69, 9.17) is 37.7 Å². The Kier molecular flexibility index (Phi) is 7.41. The predicted octanol–water partition coefficient (Wildman–Crippen LogP) is 6.63. The van der Waals surface area contributed by atoms with Crippen molar-refractivity contribution in [3.63, 3.8) is 0 Å². The lowest BCUT2D eigenvalue weighted by Crippen LogP contribution is -2.12. The standard InChI is InChI=1S/C23H25Cl2NO2/c1-3-5-12-28-22-13-17-10-11-26-21(19(17)15-23(22)27-4-2)9-7-16-6-8-18(24)14-20(16)25/h6-9,13-15H,3-5,10-12H2,1-2H3/b9-7+. The highest BCUT2D eigenvalue weighted by Gasteiger charge is 2.17. The minimum absolute atomic E-state index is 0.589. The molecule has 0 atom stereocenters. The third-order valence-electron chi connectivity index (χ3n) is 4.55. The highest BCUT2D eigenvalue weighted by Crippen LogP contribution is 2.34. The Hall–Kier alpha value is -1.97. The number of fused-ring (bicyclic) bond motifs is 1. The summed E-state index contributed by atoms with van der Waals surface area (Å²) in [5.41, 5.74) is 4.14. The first-order chi connectivity index (χ1) is 13.6. The van der Waals surface area contributed by atoms with E-state index in [9.17, 15) is 0 Å². The van der Waals surface area contributed by atoms with Crippen molar-refractivity contribution >= 4 is 35.0 Å². The minimum atomic E-state index is 0.589. The van der Waals surface area contributed by atoms with Crippen LogP contribution in [0.15, 0.2) is 41.4 Å². The second kappa shape index (κ2) is 9.99. The van der Waals surface area contributed by atoms with Crippen molar-refractivity contribution < 1.29 is 9.47 Å². The molecular weight excluding hydrogens is 393 g/mol. The van der Waals surface area contributed by atoms with Crippen LogP contribution in [0.2, 0.25) is 10.0 Å². The van der Waals surface area contributed by atoms with E-state index in [1.807, 2.05) is 37.3 Å². The zero-order chi connectivity index (χ0) is 19.9. The van der Waals surface area contributed by atoms with Crippen molar-refractivity contribution in [3.05, 3.63) is 63.1 Å². The molecule has 2 aromatic carbocycles. The van der Waals surface area contributed by atoms with Gasteiger partial charge in [0.1, 0.15) is 0 Å². The summed E-state index contributed by atoms with van der Waals surface area (Å²) in [4.78, 5) is 4.70. The van der Waals surface area contributed by atoms with E-state index in [-0.39, 0.29) is 0 Å². The van der Waals surface area contributed by atoms with Gasteiger partial charge in [-0.1, -0.05) is 48.7 Å². The summed E-state index contributed by atoms with van der Waals surface area (Å²) in [6, 6.07) is 9.63. The van der Waals surface area contributed by atoms with Gasteiger partial charge in [-0.25, -0.2) is 0 Å². The maximum Gasteiger partial charge on any atom is 0.161 e. The van der Waals surface area contributed by atoms with Crippen molar-refractivity contribution in [2.75, 3.05) is 19.8 Å². The number of ether oxygens (including phenoxy) is 2. The predicted molar refractivity (Wildman–Crippen MR) is 119 cm³/mol. The third-order valence-corrected chi connectivity index (χ3v) is 5.11. The molecule has 0 bridgehead atoms. The molecule has 0 unspecified atom stereocenters. The Bertz CT molecular complexity index is 890. The minimum Gasteiger partial charge on any atom is -0.490 e. The fraction of sp³-hybridized carbons (Fsp3) is 0.348. The van der Waals surface area contributed by atoms with Crippen LogP contribution in [-0.4, -0.2) is 25.5 Å². The number of benzene rings is 2. The summed E-state index contributed by atoms with van der Waals surface area (Å²) >= 11 is 12.3. The number of allylic oxidation sites excluding steroid dienone is 1. The SMILES string of the molecule is CCCCOc1cc2c(cc1OCC)C(/C=C/c1ccc(Cl)cc1Cl)=NCC2. The zero-order valence-electron chi connectivity index (χ0n) is 16.3. The summed E-state index contributed by atoms with van der Waals surface area (Å²) < 4.78 is 11.8. The van der Waals surface area contributed by atoms with Crippen molar-refractivity contribution in [1.29, 1.82) is 0 Å². The molecule has 0 spiro atoms. The first kappa shape index (κ1) is 20.8. The van der Waals surface area contributed by atoms with Crippen molar-refractivity contribution in [3.8, 4) is 11.5 Å². The third kappa shape index (κ3) is 5.09. The van der Waals surface area contributed by atoms with E-state index in [1.54, 1.807) is 6.07 Å². The summed E-state index contributed by atoms with van der Waals surface area (Å²) in [6.45, 7) is 6.18. The first-order valence-electron chi connectivity index (χ1n) is 9.72. The van der Waals surface area contributed by atoms with Gasteiger partial charge < -0.3 is 9.47 Å². The second-order valence-corrected chi connectivity index (χ2v) is 7.45. The van der Waals surface area contributed by atoms with Gasteiger partial charge in [-0.2, -0.15) is 0 Å². The van der Waals surface area contributed by atoms with Crippen LogP contribution in [0.3, 0.4) is 0 Å². The quantitative estimate of drug-likeness (QED) is 0.451. The number of unbranched alkanes of at least 4 members (excludes halogenated alkanes) is 1. The first-order valence-corrected chi connectivity index (χ1v) is 10.5. The molecule has 0 aromatic heterocycles. The molecule has 1 aliphatic rings. The van der Waals surface area contributed by atoms with Crippen LogP contribution in [0.1, 0.15) is 43.4 Å². The molecule has 2 aromatic rings. The van der Waals surface area contributed by atoms with Crippen LogP contribution in [0.5, 0.6) is 11.5 Å². The molecule has 3 nitrogen and oxygen atoms in total. The van der Waals surface area contributed by atoms with Crippen molar-refractivity contribution in [2.45, 2.75) is 33.1 Å². The van der Waals surface area contributed by atoms with Gasteiger partial charge in [-0.15, -0.1) is 0 Å². The number of rotatable bonds is 8. The van der Waals surface area contributed by atoms with E-state index >= 15 is 0 Å². The average Bonchev–Trinajstić information content (AvgIpc) is 2.68. The number of nitrogens with zero attached hydrogens (tertiary/aromatic N) is 1. The van der Waals surface area contributed by atoms with Crippen LogP contribution in [-0.2, 0) is 6.42 Å². The Labute approximate surface area is 177 Å². The lowest BCUT2D eigenvalue weighted by Gasteiger charge is -2.19. The molecule has 0 fully saturated rings. The molecule has 5 heteroatoms. The molecule has 0 saturated heterocycles. The molecule has 0 aliphatic carbocycles. The molecule has 0 radical (unpaired) electrons. The Morgan fingerprint density at radius 3 is 2.61 bits per heavy atom. The van der Waals surface area contributed by atoms with E-state index < -0.39 is 0 Å². The van der Waals surface area contributed by atoms with Gasteiger partial charge in [0.15, 0.2) is 11.5 Å². The topological polar surface area (TPSA) is 30.8 Å². The van der Waals surface area contributed by atoms with Crippen LogP contribution in [0, 0.1) is 0 Å². The Morgan fingerprint density at radius 1 is 1.04 bits per heavy atom. The fourth-order valence-corrected chi connectivity index (χ4v) is 3.56. The van der Waals surface area contributed by atoms with E-state index in [0.717, 1.165) is 54.1 Å². The van der Waals surface area contributed by atoms with Gasteiger partial charge in [-0.05, 0) is 61.2 Å². The highest BCUT2D eigenvalue weighted by atomic mass is 35.5. The summed E-state index contributed by atoms with van der Waals surface area (Å²) in [7, 11) is 0. The number of aliphatic imine (C=N–C) groups is 1. The molecular formula is C23H25Cl2NO2. The summed E-state index contributed by atoms with van der Waals surface area (Å²) in [5, 5.41) is 1.24. The second-order valence-electron chi connectivity index (χ2n) is 6.61. The maximum absolute atomic E-state index is 6.28. The van der Waals surface area contributed by atoms with Crippen molar-refractivity contribution in [2.24, 2.45) is 4.99 Å². The number of halogens is 2. The molecule has 148 valence electrons. The Morgan fingerprint density at radius 2 is 1.86 bits per heavy atom. The largest absolute Gasteiger partial charge is 0.490 e. The smallest absolute Gasteiger partial charge is 0.161 e. The normalized spacial score (nSPS) is 13.4. The maximum atomic E-state index is 6.28. The molecule has 28 heavy (non-hydrogen) atoms. The van der Waals surface area contributed by atoms with Gasteiger partial charge in [-0.3, -0.25) is 4.99 Å². The van der Waals surface area contributed by atoms with Crippen LogP contribution < -0.4 is 9.47 Å². The fourth-order valence-electron chi connectivity index (χ4n) is 3.08. The van der Waals surface area contributed by atoms with Gasteiger partial charge >= 0.3 is 0 Å². The van der Waals surface area contributed by atoms with Crippen LogP contribution in [0.4, 0.5) is 0 Å². The van der Waals surface area contributed by atoms with Crippen LogP contribution in [0.25, 0.3) is 6.08 Å². The molecule has 0 saturated carbocycles. The number of hydrogen-bond donors (Lipinski definition) is 0. The van der Waals surface area contributed by atoms with E-state index in [2.05, 4.69) is 13.0 Å². The monoisotopic (exact) mass is 417 g/mol. The van der Waals surface area contributed by atoms with Gasteiger partial charge in [0.25, 0.3) is 0 Å². The zero-order valence-corrected chi connectivity index (χ0v) is 17.8. The Balaban J connectivity index is 1.89. The lowest BCUT2D eigenvalue weighted by molar-refractivity contribution is 0.272. The summed E-state index contributed by atoms with van der Waals surface area (Å²) in [5.74, 6) is 1.59. The average molecular weight is 418 g/mol. The van der Waals surface area contributed by atoms with Gasteiger partial charge in [0.05, 0.1) is 18.9 Å². The highest BCUT2D eigenvalue weighted by molar-refractivity contribution is 6.35. The van der Waals surface area contributed by atoms with E-state index in [1.165, 1.54) is 5.56 Å². The molecule has 0 N–H and O–H groups in total. The van der Waals surface area contributed by atoms with Gasteiger partial charge in [0, 0.05) is 22.2 Å². The molecule has 0 amide bonds. The number of hydrogen-bond acceptors (Lipinski definition) is 3. The molecule has 1 aliphatic heterocycles. The van der Waals surface area contributed by atoms with Gasteiger partial charge in [0.2, 0.25) is 0 Å². The van der Waals surface area contributed by atoms with Crippen LogP contribution >= 0.6 is 23.2 Å². The summed E-state index contributed by atoms with van der Waals surface area (Å²) in [6.07, 6.45) is 6.99.